The summed E-state index contributed by atoms with van der Waals surface area (Å²) in [5.74, 6) is 2.26. The van der Waals surface area contributed by atoms with Crippen molar-refractivity contribution in [3.8, 4) is 0 Å². The van der Waals surface area contributed by atoms with E-state index in [2.05, 4.69) is 32.5 Å². The number of nitrogens with zero attached hydrogens (tertiary/aromatic N) is 3. The molecule has 0 saturated carbocycles. The fourth-order valence-corrected chi connectivity index (χ4v) is 2.19. The number of hydrogen-bond acceptors (Lipinski definition) is 7. The molecule has 6 nitrogen and oxygen atoms in total. The fourth-order valence-electron chi connectivity index (χ4n) is 1.63. The molecule has 0 atom stereocenters. The Bertz CT molecular complexity index is 517. The van der Waals surface area contributed by atoms with E-state index in [-0.39, 0.29) is 0 Å². The quantitative estimate of drug-likeness (QED) is 0.779. The lowest BCUT2D eigenvalue weighted by Crippen LogP contribution is -2.09. The van der Waals surface area contributed by atoms with Crippen molar-refractivity contribution in [3.05, 3.63) is 28.5 Å². The predicted molar refractivity (Wildman–Crippen MR) is 81.0 cm³/mol. The van der Waals surface area contributed by atoms with Crippen LogP contribution in [-0.2, 0) is 17.9 Å². The average molecular weight is 293 g/mol. The zero-order chi connectivity index (χ0) is 14.2. The molecule has 0 saturated heterocycles. The van der Waals surface area contributed by atoms with E-state index in [1.807, 2.05) is 11.4 Å². The molecule has 7 heteroatoms. The highest BCUT2D eigenvalue weighted by Gasteiger charge is 2.05. The van der Waals surface area contributed by atoms with Crippen molar-refractivity contribution >= 4 is 23.0 Å². The summed E-state index contributed by atoms with van der Waals surface area (Å²) in [6, 6.07) is 1.91. The molecule has 2 heterocycles. The molecule has 0 aliphatic heterocycles. The third kappa shape index (κ3) is 4.43. The molecule has 2 N–H and O–H groups in total. The Kier molecular flexibility index (Phi) is 5.69. The summed E-state index contributed by atoms with van der Waals surface area (Å²) in [6.45, 7) is 4.06. The van der Waals surface area contributed by atoms with Crippen molar-refractivity contribution in [3.63, 3.8) is 0 Å². The van der Waals surface area contributed by atoms with Crippen LogP contribution in [0.3, 0.4) is 0 Å². The standard InChI is InChI=1S/C13H19N5OS/c1-3-4-14-10-7-11(18-12(17-10)9-19-2)16-8-13-15-5-6-20-13/h5-7H,3-4,8-9H2,1-2H3,(H2,14,16,17,18). The van der Waals surface area contributed by atoms with Gasteiger partial charge in [0.2, 0.25) is 0 Å². The van der Waals surface area contributed by atoms with Gasteiger partial charge in [0.25, 0.3) is 0 Å². The Morgan fingerprint density at radius 3 is 2.70 bits per heavy atom. The summed E-state index contributed by atoms with van der Waals surface area (Å²) in [6.07, 6.45) is 2.84. The monoisotopic (exact) mass is 293 g/mol. The summed E-state index contributed by atoms with van der Waals surface area (Å²) in [4.78, 5) is 13.1. The second kappa shape index (κ2) is 7.76. The van der Waals surface area contributed by atoms with Crippen LogP contribution < -0.4 is 10.6 Å². The van der Waals surface area contributed by atoms with Gasteiger partial charge in [0.15, 0.2) is 5.82 Å². The third-order valence-corrected chi connectivity index (χ3v) is 3.29. The van der Waals surface area contributed by atoms with E-state index < -0.39 is 0 Å². The Morgan fingerprint density at radius 1 is 1.25 bits per heavy atom. The molecule has 0 aromatic carbocycles. The highest BCUT2D eigenvalue weighted by Crippen LogP contribution is 2.14. The van der Waals surface area contributed by atoms with Gasteiger partial charge in [0, 0.05) is 31.3 Å². The van der Waals surface area contributed by atoms with Crippen LogP contribution >= 0.6 is 11.3 Å². The minimum absolute atomic E-state index is 0.396. The first-order valence-electron chi connectivity index (χ1n) is 6.54. The Balaban J connectivity index is 2.06. The maximum atomic E-state index is 5.10. The van der Waals surface area contributed by atoms with Gasteiger partial charge in [-0.25, -0.2) is 15.0 Å². The van der Waals surface area contributed by atoms with Gasteiger partial charge in [-0.3, -0.25) is 0 Å². The average Bonchev–Trinajstić information content (AvgIpc) is 2.96. The molecular formula is C13H19N5OS. The van der Waals surface area contributed by atoms with Crippen LogP contribution in [0.25, 0.3) is 0 Å². The molecule has 2 aromatic rings. The number of thiazole rings is 1. The highest BCUT2D eigenvalue weighted by atomic mass is 32.1. The lowest BCUT2D eigenvalue weighted by Gasteiger charge is -2.10. The van der Waals surface area contributed by atoms with E-state index in [0.29, 0.717) is 19.0 Å². The largest absolute Gasteiger partial charge is 0.377 e. The van der Waals surface area contributed by atoms with E-state index >= 15 is 0 Å². The van der Waals surface area contributed by atoms with Crippen LogP contribution in [0.4, 0.5) is 11.6 Å². The van der Waals surface area contributed by atoms with Crippen molar-refractivity contribution in [2.75, 3.05) is 24.3 Å². The summed E-state index contributed by atoms with van der Waals surface area (Å²) >= 11 is 1.62. The second-order valence-electron chi connectivity index (χ2n) is 4.19. The van der Waals surface area contributed by atoms with Crippen molar-refractivity contribution < 1.29 is 4.74 Å². The number of ether oxygens (including phenoxy) is 1. The molecule has 108 valence electrons. The van der Waals surface area contributed by atoms with E-state index in [0.717, 1.165) is 29.6 Å². The second-order valence-corrected chi connectivity index (χ2v) is 5.17. The molecule has 2 aromatic heterocycles. The molecule has 0 unspecified atom stereocenters. The minimum atomic E-state index is 0.396. The SMILES string of the molecule is CCCNc1cc(NCc2nccs2)nc(COC)n1. The van der Waals surface area contributed by atoms with Gasteiger partial charge in [-0.2, -0.15) is 0 Å². The molecule has 20 heavy (non-hydrogen) atoms. The first kappa shape index (κ1) is 14.7. The molecule has 0 fully saturated rings. The Hall–Kier alpha value is -1.73. The summed E-state index contributed by atoms with van der Waals surface area (Å²) in [5.41, 5.74) is 0. The summed E-state index contributed by atoms with van der Waals surface area (Å²) in [7, 11) is 1.64. The fraction of sp³-hybridized carbons (Fsp3) is 0.462. The molecule has 0 spiro atoms. The number of rotatable bonds is 8. The van der Waals surface area contributed by atoms with Crippen LogP contribution in [0, 0.1) is 0 Å². The molecule has 0 amide bonds. The Morgan fingerprint density at radius 2 is 2.05 bits per heavy atom. The van der Waals surface area contributed by atoms with Crippen LogP contribution in [0.5, 0.6) is 0 Å². The van der Waals surface area contributed by atoms with Gasteiger partial charge < -0.3 is 15.4 Å². The van der Waals surface area contributed by atoms with Crippen LogP contribution in [0.1, 0.15) is 24.2 Å². The maximum absolute atomic E-state index is 5.10. The van der Waals surface area contributed by atoms with Crippen LogP contribution in [0.2, 0.25) is 0 Å². The van der Waals surface area contributed by atoms with Crippen molar-refractivity contribution in [2.24, 2.45) is 0 Å². The smallest absolute Gasteiger partial charge is 0.158 e. The topological polar surface area (TPSA) is 72.0 Å². The third-order valence-electron chi connectivity index (χ3n) is 2.51. The van der Waals surface area contributed by atoms with Gasteiger partial charge in [-0.1, -0.05) is 6.92 Å². The number of anilines is 2. The van der Waals surface area contributed by atoms with Crippen molar-refractivity contribution in [1.82, 2.24) is 15.0 Å². The molecule has 2 rings (SSSR count). The summed E-state index contributed by atoms with van der Waals surface area (Å²) < 4.78 is 5.10. The van der Waals surface area contributed by atoms with Crippen LogP contribution in [0.15, 0.2) is 17.6 Å². The lowest BCUT2D eigenvalue weighted by atomic mass is 10.4. The van der Waals surface area contributed by atoms with Crippen molar-refractivity contribution in [1.29, 1.82) is 0 Å². The van der Waals surface area contributed by atoms with E-state index in [1.54, 1.807) is 24.6 Å². The maximum Gasteiger partial charge on any atom is 0.158 e. The first-order chi connectivity index (χ1) is 9.81. The first-order valence-corrected chi connectivity index (χ1v) is 7.42. The number of hydrogen-bond donors (Lipinski definition) is 2. The highest BCUT2D eigenvalue weighted by molar-refractivity contribution is 7.09. The normalized spacial score (nSPS) is 10.5. The van der Waals surface area contributed by atoms with E-state index in [4.69, 9.17) is 4.74 Å². The minimum Gasteiger partial charge on any atom is -0.377 e. The predicted octanol–water partition coefficient (Wildman–Crippen LogP) is 2.51. The van der Waals surface area contributed by atoms with E-state index in [1.165, 1.54) is 0 Å². The zero-order valence-corrected chi connectivity index (χ0v) is 12.5. The summed E-state index contributed by atoms with van der Waals surface area (Å²) in [5, 5.41) is 9.52. The van der Waals surface area contributed by atoms with Crippen molar-refractivity contribution in [2.45, 2.75) is 26.5 Å². The van der Waals surface area contributed by atoms with Gasteiger partial charge in [-0.15, -0.1) is 11.3 Å². The molecule has 0 aliphatic carbocycles. The number of aromatic nitrogens is 3. The van der Waals surface area contributed by atoms with E-state index in [9.17, 15) is 0 Å². The number of methoxy groups -OCH3 is 1. The lowest BCUT2D eigenvalue weighted by molar-refractivity contribution is 0.178. The zero-order valence-electron chi connectivity index (χ0n) is 11.7. The molecule has 0 radical (unpaired) electrons. The Labute approximate surface area is 122 Å². The molecular weight excluding hydrogens is 274 g/mol. The van der Waals surface area contributed by atoms with Gasteiger partial charge in [-0.05, 0) is 6.42 Å². The molecule has 0 aliphatic rings. The molecule has 0 bridgehead atoms. The van der Waals surface area contributed by atoms with Gasteiger partial charge in [0.1, 0.15) is 23.3 Å². The number of nitrogens with one attached hydrogen (secondary N) is 2. The van der Waals surface area contributed by atoms with Gasteiger partial charge >= 0.3 is 0 Å². The van der Waals surface area contributed by atoms with Gasteiger partial charge in [0.05, 0.1) is 6.54 Å². The van der Waals surface area contributed by atoms with Crippen LogP contribution in [-0.4, -0.2) is 28.6 Å².